The van der Waals surface area contributed by atoms with E-state index in [1.807, 2.05) is 63.2 Å². The number of hydrogen-bond acceptors (Lipinski definition) is 3. The molecule has 0 radical (unpaired) electrons. The molecule has 0 saturated heterocycles. The minimum atomic E-state index is -0.680. The first-order chi connectivity index (χ1) is 11.0. The van der Waals surface area contributed by atoms with E-state index in [1.54, 1.807) is 0 Å². The van der Waals surface area contributed by atoms with Gasteiger partial charge in [-0.05, 0) is 50.6 Å². The summed E-state index contributed by atoms with van der Waals surface area (Å²) in [6.45, 7) is 6.92. The number of hydrogen-bond donors (Lipinski definition) is 1. The van der Waals surface area contributed by atoms with E-state index in [9.17, 15) is 4.79 Å². The van der Waals surface area contributed by atoms with Crippen LogP contribution in [-0.2, 0) is 10.2 Å². The van der Waals surface area contributed by atoms with Crippen molar-refractivity contribution in [2.75, 3.05) is 18.5 Å². The van der Waals surface area contributed by atoms with E-state index in [4.69, 9.17) is 9.47 Å². The molecular formula is C19H21NO3. The summed E-state index contributed by atoms with van der Waals surface area (Å²) in [4.78, 5) is 12.7. The summed E-state index contributed by atoms with van der Waals surface area (Å²) in [7, 11) is 0. The summed E-state index contributed by atoms with van der Waals surface area (Å²) >= 11 is 0. The first kappa shape index (κ1) is 15.4. The highest BCUT2D eigenvalue weighted by molar-refractivity contribution is 5.98. The minimum Gasteiger partial charge on any atom is -0.486 e. The molecule has 4 heteroatoms. The molecule has 0 aromatic heterocycles. The summed E-state index contributed by atoms with van der Waals surface area (Å²) < 4.78 is 11.1. The summed E-state index contributed by atoms with van der Waals surface area (Å²) in [6.07, 6.45) is 0. The Morgan fingerprint density at radius 2 is 1.65 bits per heavy atom. The van der Waals surface area contributed by atoms with E-state index in [2.05, 4.69) is 5.32 Å². The number of benzene rings is 2. The Balaban J connectivity index is 1.82. The standard InChI is InChI=1S/C19H21NO3/c1-13-4-7-15(8-5-13)20-18(21)19(2,3)14-6-9-16-17(12-14)23-11-10-22-16/h4-9,12H,10-11H2,1-3H3,(H,20,21). The second kappa shape index (κ2) is 5.95. The lowest BCUT2D eigenvalue weighted by atomic mass is 9.83. The van der Waals surface area contributed by atoms with Gasteiger partial charge >= 0.3 is 0 Å². The molecule has 0 atom stereocenters. The van der Waals surface area contributed by atoms with E-state index in [-0.39, 0.29) is 5.91 Å². The van der Waals surface area contributed by atoms with Crippen molar-refractivity contribution in [1.82, 2.24) is 0 Å². The Labute approximate surface area is 136 Å². The highest BCUT2D eigenvalue weighted by Crippen LogP contribution is 2.35. The van der Waals surface area contributed by atoms with Gasteiger partial charge in [0.15, 0.2) is 11.5 Å². The zero-order valence-corrected chi connectivity index (χ0v) is 13.7. The smallest absolute Gasteiger partial charge is 0.234 e. The third kappa shape index (κ3) is 3.16. The monoisotopic (exact) mass is 311 g/mol. The molecule has 0 bridgehead atoms. The predicted octanol–water partition coefficient (Wildman–Crippen LogP) is 3.68. The molecule has 3 rings (SSSR count). The Morgan fingerprint density at radius 1 is 1.00 bits per heavy atom. The zero-order valence-electron chi connectivity index (χ0n) is 13.7. The van der Waals surface area contributed by atoms with E-state index in [0.29, 0.717) is 19.0 Å². The van der Waals surface area contributed by atoms with Gasteiger partial charge < -0.3 is 14.8 Å². The molecule has 2 aromatic carbocycles. The number of fused-ring (bicyclic) bond motifs is 1. The fourth-order valence-corrected chi connectivity index (χ4v) is 2.49. The second-order valence-corrected chi connectivity index (χ2v) is 6.30. The van der Waals surface area contributed by atoms with Crippen LogP contribution in [0.5, 0.6) is 11.5 Å². The predicted molar refractivity (Wildman–Crippen MR) is 90.3 cm³/mol. The van der Waals surface area contributed by atoms with Crippen LogP contribution in [0.15, 0.2) is 42.5 Å². The molecule has 1 aliphatic rings. The molecule has 0 unspecified atom stereocenters. The van der Waals surface area contributed by atoms with Gasteiger partial charge in [-0.1, -0.05) is 23.8 Å². The molecule has 1 amide bonds. The SMILES string of the molecule is Cc1ccc(NC(=O)C(C)(C)c2ccc3c(c2)OCCO3)cc1. The Bertz CT molecular complexity index is 720. The molecule has 4 nitrogen and oxygen atoms in total. The van der Waals surface area contributed by atoms with E-state index < -0.39 is 5.41 Å². The average molecular weight is 311 g/mol. The van der Waals surface area contributed by atoms with Crippen LogP contribution in [0.3, 0.4) is 0 Å². The number of rotatable bonds is 3. The summed E-state index contributed by atoms with van der Waals surface area (Å²) in [5, 5.41) is 2.98. The largest absolute Gasteiger partial charge is 0.486 e. The fourth-order valence-electron chi connectivity index (χ4n) is 2.49. The van der Waals surface area contributed by atoms with Crippen LogP contribution in [0, 0.1) is 6.92 Å². The highest BCUT2D eigenvalue weighted by atomic mass is 16.6. The summed E-state index contributed by atoms with van der Waals surface area (Å²) in [5.41, 5.74) is 2.17. The first-order valence-electron chi connectivity index (χ1n) is 7.75. The molecule has 0 saturated carbocycles. The Kier molecular flexibility index (Phi) is 3.99. The molecule has 2 aromatic rings. The van der Waals surface area contributed by atoms with Crippen molar-refractivity contribution in [1.29, 1.82) is 0 Å². The van der Waals surface area contributed by atoms with Crippen molar-refractivity contribution < 1.29 is 14.3 Å². The van der Waals surface area contributed by atoms with E-state index >= 15 is 0 Å². The number of anilines is 1. The van der Waals surface area contributed by atoms with Gasteiger partial charge in [0.1, 0.15) is 13.2 Å². The van der Waals surface area contributed by atoms with Crippen LogP contribution in [-0.4, -0.2) is 19.1 Å². The highest BCUT2D eigenvalue weighted by Gasteiger charge is 2.31. The number of nitrogens with one attached hydrogen (secondary N) is 1. The fraction of sp³-hybridized carbons (Fsp3) is 0.316. The van der Waals surface area contributed by atoms with E-state index in [0.717, 1.165) is 22.6 Å². The minimum absolute atomic E-state index is 0.0574. The number of ether oxygens (including phenoxy) is 2. The van der Waals surface area contributed by atoms with Crippen molar-refractivity contribution in [3.05, 3.63) is 53.6 Å². The van der Waals surface area contributed by atoms with E-state index in [1.165, 1.54) is 0 Å². The Morgan fingerprint density at radius 3 is 2.35 bits per heavy atom. The third-order valence-electron chi connectivity index (χ3n) is 4.14. The average Bonchev–Trinajstić information content (AvgIpc) is 2.56. The van der Waals surface area contributed by atoms with Crippen LogP contribution in [0.1, 0.15) is 25.0 Å². The molecule has 120 valence electrons. The van der Waals surface area contributed by atoms with Crippen molar-refractivity contribution in [3.8, 4) is 11.5 Å². The molecule has 1 N–H and O–H groups in total. The van der Waals surface area contributed by atoms with Crippen molar-refractivity contribution in [3.63, 3.8) is 0 Å². The van der Waals surface area contributed by atoms with Crippen molar-refractivity contribution >= 4 is 11.6 Å². The first-order valence-corrected chi connectivity index (χ1v) is 7.75. The number of carbonyl (C=O) groups is 1. The molecular weight excluding hydrogens is 290 g/mol. The van der Waals surface area contributed by atoms with Crippen LogP contribution < -0.4 is 14.8 Å². The van der Waals surface area contributed by atoms with Gasteiger partial charge in [0, 0.05) is 5.69 Å². The summed E-state index contributed by atoms with van der Waals surface area (Å²) in [5.74, 6) is 1.37. The number of aryl methyl sites for hydroxylation is 1. The van der Waals surface area contributed by atoms with Gasteiger partial charge in [0.2, 0.25) is 5.91 Å². The topological polar surface area (TPSA) is 47.6 Å². The van der Waals surface area contributed by atoms with Gasteiger partial charge in [-0.15, -0.1) is 0 Å². The maximum Gasteiger partial charge on any atom is 0.234 e. The number of carbonyl (C=O) groups excluding carboxylic acids is 1. The van der Waals surface area contributed by atoms with Crippen LogP contribution in [0.4, 0.5) is 5.69 Å². The van der Waals surface area contributed by atoms with Gasteiger partial charge in [-0.2, -0.15) is 0 Å². The normalized spacial score (nSPS) is 13.5. The van der Waals surface area contributed by atoms with Gasteiger partial charge in [0.25, 0.3) is 0 Å². The second-order valence-electron chi connectivity index (χ2n) is 6.30. The van der Waals surface area contributed by atoms with Gasteiger partial charge in [-0.3, -0.25) is 4.79 Å². The zero-order chi connectivity index (χ0) is 16.4. The molecule has 1 heterocycles. The molecule has 23 heavy (non-hydrogen) atoms. The molecule has 0 aliphatic carbocycles. The quantitative estimate of drug-likeness (QED) is 0.940. The third-order valence-corrected chi connectivity index (χ3v) is 4.14. The summed E-state index contributed by atoms with van der Waals surface area (Å²) in [6, 6.07) is 13.5. The lowest BCUT2D eigenvalue weighted by molar-refractivity contribution is -0.120. The number of amides is 1. The van der Waals surface area contributed by atoms with Gasteiger partial charge in [-0.25, -0.2) is 0 Å². The van der Waals surface area contributed by atoms with Gasteiger partial charge in [0.05, 0.1) is 5.41 Å². The molecule has 1 aliphatic heterocycles. The lowest BCUT2D eigenvalue weighted by Crippen LogP contribution is -2.34. The maximum atomic E-state index is 12.7. The van der Waals surface area contributed by atoms with Crippen molar-refractivity contribution in [2.45, 2.75) is 26.2 Å². The van der Waals surface area contributed by atoms with Crippen molar-refractivity contribution in [2.24, 2.45) is 0 Å². The molecule has 0 spiro atoms. The molecule has 0 fully saturated rings. The van der Waals surface area contributed by atoms with Crippen LogP contribution >= 0.6 is 0 Å². The maximum absolute atomic E-state index is 12.7. The Hall–Kier alpha value is -2.49. The van der Waals surface area contributed by atoms with Crippen LogP contribution in [0.2, 0.25) is 0 Å². The van der Waals surface area contributed by atoms with Crippen LogP contribution in [0.25, 0.3) is 0 Å². The lowest BCUT2D eigenvalue weighted by Gasteiger charge is -2.26.